The average molecular weight is 252 g/mol. The quantitative estimate of drug-likeness (QED) is 0.830. The third kappa shape index (κ3) is 3.33. The molecule has 0 aliphatic carbocycles. The van der Waals surface area contributed by atoms with Gasteiger partial charge >= 0.3 is 0 Å². The van der Waals surface area contributed by atoms with Crippen LogP contribution < -0.4 is 10.2 Å². The fraction of sp³-hybridized carbons (Fsp3) is 0.667. The minimum atomic E-state index is 0.465. The molecule has 1 aromatic heterocycles. The number of hydrogen-bond acceptors (Lipinski definition) is 5. The molecule has 94 valence electrons. The molecule has 1 aliphatic rings. The summed E-state index contributed by atoms with van der Waals surface area (Å²) in [6.07, 6.45) is 3.86. The van der Waals surface area contributed by atoms with Crippen LogP contribution in [0.15, 0.2) is 17.3 Å². The molecule has 5 heteroatoms. The summed E-state index contributed by atoms with van der Waals surface area (Å²) in [6, 6.07) is 0.465. The van der Waals surface area contributed by atoms with E-state index in [-0.39, 0.29) is 0 Å². The number of rotatable bonds is 3. The smallest absolute Gasteiger partial charge is 0.225 e. The maximum Gasteiger partial charge on any atom is 0.225 e. The Hall–Kier alpha value is -0.810. The first kappa shape index (κ1) is 12.6. The van der Waals surface area contributed by atoms with Crippen molar-refractivity contribution in [1.29, 1.82) is 0 Å². The normalized spacial score (nSPS) is 20.9. The van der Waals surface area contributed by atoms with Gasteiger partial charge < -0.3 is 10.2 Å². The van der Waals surface area contributed by atoms with Crippen LogP contribution in [0.5, 0.6) is 0 Å². The summed E-state index contributed by atoms with van der Waals surface area (Å²) in [6.45, 7) is 9.56. The summed E-state index contributed by atoms with van der Waals surface area (Å²) in [7, 11) is 0. The summed E-state index contributed by atoms with van der Waals surface area (Å²) in [5.41, 5.74) is 0. The molecule has 17 heavy (non-hydrogen) atoms. The van der Waals surface area contributed by atoms with Crippen molar-refractivity contribution in [2.45, 2.75) is 37.0 Å². The molecular weight excluding hydrogens is 232 g/mol. The van der Waals surface area contributed by atoms with Crippen molar-refractivity contribution in [1.82, 2.24) is 15.3 Å². The van der Waals surface area contributed by atoms with Gasteiger partial charge in [-0.05, 0) is 6.92 Å². The number of piperazine rings is 1. The molecule has 2 rings (SSSR count). The number of anilines is 1. The highest BCUT2D eigenvalue weighted by Crippen LogP contribution is 2.22. The number of hydrogen-bond donors (Lipinski definition) is 1. The first-order valence-corrected chi connectivity index (χ1v) is 7.01. The molecule has 1 aromatic rings. The van der Waals surface area contributed by atoms with E-state index in [4.69, 9.17) is 0 Å². The van der Waals surface area contributed by atoms with Crippen molar-refractivity contribution < 1.29 is 0 Å². The van der Waals surface area contributed by atoms with Crippen LogP contribution in [0.2, 0.25) is 0 Å². The molecule has 1 fully saturated rings. The van der Waals surface area contributed by atoms with Gasteiger partial charge in [-0.25, -0.2) is 9.97 Å². The van der Waals surface area contributed by atoms with Gasteiger partial charge in [0.05, 0.1) is 0 Å². The molecule has 1 aliphatic heterocycles. The van der Waals surface area contributed by atoms with Gasteiger partial charge in [0.2, 0.25) is 5.95 Å². The van der Waals surface area contributed by atoms with Gasteiger partial charge in [-0.15, -0.1) is 11.8 Å². The van der Waals surface area contributed by atoms with E-state index in [1.54, 1.807) is 11.8 Å². The van der Waals surface area contributed by atoms with Gasteiger partial charge in [-0.1, -0.05) is 13.8 Å². The second-order valence-electron chi connectivity index (χ2n) is 4.63. The van der Waals surface area contributed by atoms with E-state index in [9.17, 15) is 0 Å². The van der Waals surface area contributed by atoms with Crippen molar-refractivity contribution in [2.24, 2.45) is 0 Å². The Morgan fingerprint density at radius 1 is 1.41 bits per heavy atom. The number of thioether (sulfide) groups is 1. The number of nitrogens with one attached hydrogen (secondary N) is 1. The predicted molar refractivity (Wildman–Crippen MR) is 72.7 cm³/mol. The lowest BCUT2D eigenvalue weighted by Crippen LogP contribution is -2.50. The second kappa shape index (κ2) is 5.69. The maximum atomic E-state index is 4.47. The van der Waals surface area contributed by atoms with Gasteiger partial charge in [0.1, 0.15) is 0 Å². The minimum absolute atomic E-state index is 0.465. The van der Waals surface area contributed by atoms with Gasteiger partial charge in [0.15, 0.2) is 0 Å². The lowest BCUT2D eigenvalue weighted by Gasteiger charge is -2.33. The van der Waals surface area contributed by atoms with Gasteiger partial charge in [0, 0.05) is 48.2 Å². The largest absolute Gasteiger partial charge is 0.336 e. The lowest BCUT2D eigenvalue weighted by atomic mass is 10.2. The molecule has 4 nitrogen and oxygen atoms in total. The summed E-state index contributed by atoms with van der Waals surface area (Å²) in [5.74, 6) is 0.854. The standard InChI is InChI=1S/C12H20N4S/c1-9(2)17-11-7-14-12(15-8-11)16-5-4-13-6-10(16)3/h7-10,13H,4-6H2,1-3H3. The van der Waals surface area contributed by atoms with Gasteiger partial charge in [0.25, 0.3) is 0 Å². The molecular formula is C12H20N4S. The van der Waals surface area contributed by atoms with Crippen molar-refractivity contribution >= 4 is 17.7 Å². The van der Waals surface area contributed by atoms with Crippen LogP contribution in [0.3, 0.4) is 0 Å². The first-order valence-electron chi connectivity index (χ1n) is 6.13. The first-order chi connectivity index (χ1) is 8.16. The third-order valence-electron chi connectivity index (χ3n) is 2.74. The van der Waals surface area contributed by atoms with Crippen molar-refractivity contribution in [3.05, 3.63) is 12.4 Å². The fourth-order valence-corrected chi connectivity index (χ4v) is 2.70. The van der Waals surface area contributed by atoms with Crippen LogP contribution in [-0.4, -0.2) is 40.9 Å². The van der Waals surface area contributed by atoms with Crippen LogP contribution >= 0.6 is 11.8 Å². The Labute approximate surface area is 107 Å². The average Bonchev–Trinajstić information content (AvgIpc) is 2.30. The van der Waals surface area contributed by atoms with E-state index in [1.807, 2.05) is 12.4 Å². The zero-order chi connectivity index (χ0) is 12.3. The van der Waals surface area contributed by atoms with Crippen LogP contribution in [-0.2, 0) is 0 Å². The molecule has 0 bridgehead atoms. The van der Waals surface area contributed by atoms with Crippen molar-refractivity contribution in [3.63, 3.8) is 0 Å². The highest BCUT2D eigenvalue weighted by molar-refractivity contribution is 7.99. The molecule has 0 saturated carbocycles. The zero-order valence-corrected chi connectivity index (χ0v) is 11.5. The maximum absolute atomic E-state index is 4.47. The molecule has 0 amide bonds. The van der Waals surface area contributed by atoms with Gasteiger partial charge in [-0.2, -0.15) is 0 Å². The second-order valence-corrected chi connectivity index (χ2v) is 6.28. The molecule has 0 radical (unpaired) electrons. The summed E-state index contributed by atoms with van der Waals surface area (Å²) < 4.78 is 0. The topological polar surface area (TPSA) is 41.1 Å². The molecule has 0 spiro atoms. The Morgan fingerprint density at radius 2 is 2.12 bits per heavy atom. The zero-order valence-electron chi connectivity index (χ0n) is 10.7. The molecule has 1 atom stereocenters. The van der Waals surface area contributed by atoms with E-state index in [1.165, 1.54) is 0 Å². The SMILES string of the molecule is CC(C)Sc1cnc(N2CCNCC2C)nc1. The van der Waals surface area contributed by atoms with Crippen LogP contribution in [0.25, 0.3) is 0 Å². The van der Waals surface area contributed by atoms with E-state index in [0.717, 1.165) is 30.5 Å². The molecule has 1 saturated heterocycles. The summed E-state index contributed by atoms with van der Waals surface area (Å²) >= 11 is 1.80. The highest BCUT2D eigenvalue weighted by Gasteiger charge is 2.20. The summed E-state index contributed by atoms with van der Waals surface area (Å²) in [4.78, 5) is 12.4. The van der Waals surface area contributed by atoms with E-state index >= 15 is 0 Å². The number of nitrogens with zero attached hydrogens (tertiary/aromatic N) is 3. The van der Waals surface area contributed by atoms with E-state index < -0.39 is 0 Å². The molecule has 2 heterocycles. The Kier molecular flexibility index (Phi) is 4.23. The number of aromatic nitrogens is 2. The van der Waals surface area contributed by atoms with Crippen molar-refractivity contribution in [2.75, 3.05) is 24.5 Å². The van der Waals surface area contributed by atoms with E-state index in [2.05, 4.69) is 41.0 Å². The van der Waals surface area contributed by atoms with Gasteiger partial charge in [-0.3, -0.25) is 0 Å². The van der Waals surface area contributed by atoms with Crippen LogP contribution in [0, 0.1) is 0 Å². The Morgan fingerprint density at radius 3 is 2.71 bits per heavy atom. The molecule has 1 N–H and O–H groups in total. The van der Waals surface area contributed by atoms with Crippen molar-refractivity contribution in [3.8, 4) is 0 Å². The van der Waals surface area contributed by atoms with Crippen LogP contribution in [0.4, 0.5) is 5.95 Å². The molecule has 1 unspecified atom stereocenters. The Balaban J connectivity index is 2.06. The highest BCUT2D eigenvalue weighted by atomic mass is 32.2. The summed E-state index contributed by atoms with van der Waals surface area (Å²) in [5, 5.41) is 3.94. The van der Waals surface area contributed by atoms with Crippen LogP contribution in [0.1, 0.15) is 20.8 Å². The monoisotopic (exact) mass is 252 g/mol. The Bertz CT molecular complexity index is 352. The minimum Gasteiger partial charge on any atom is -0.336 e. The fourth-order valence-electron chi connectivity index (χ4n) is 1.93. The van der Waals surface area contributed by atoms with E-state index in [0.29, 0.717) is 11.3 Å². The predicted octanol–water partition coefficient (Wildman–Crippen LogP) is 1.78. The lowest BCUT2D eigenvalue weighted by molar-refractivity contribution is 0.492. The third-order valence-corrected chi connectivity index (χ3v) is 3.70. The molecule has 0 aromatic carbocycles.